The van der Waals surface area contributed by atoms with Crippen LogP contribution < -0.4 is 4.74 Å². The van der Waals surface area contributed by atoms with Crippen LogP contribution in [0.25, 0.3) is 0 Å². The van der Waals surface area contributed by atoms with Crippen LogP contribution in [0, 0.1) is 5.82 Å². The van der Waals surface area contributed by atoms with Gasteiger partial charge in [-0.25, -0.2) is 4.39 Å². The van der Waals surface area contributed by atoms with Crippen LogP contribution in [0.15, 0.2) is 18.2 Å². The minimum atomic E-state index is -0.327. The zero-order valence-corrected chi connectivity index (χ0v) is 8.03. The third-order valence-corrected chi connectivity index (χ3v) is 2.76. The van der Waals surface area contributed by atoms with E-state index in [1.807, 2.05) is 6.07 Å². The van der Waals surface area contributed by atoms with Crippen LogP contribution in [-0.4, -0.2) is 18.3 Å². The van der Waals surface area contributed by atoms with Gasteiger partial charge >= 0.3 is 0 Å². The molecule has 0 unspecified atom stereocenters. The van der Waals surface area contributed by atoms with Gasteiger partial charge in [-0.1, -0.05) is 6.07 Å². The van der Waals surface area contributed by atoms with E-state index in [0.29, 0.717) is 5.92 Å². The monoisotopic (exact) mass is 196 g/mol. The first-order valence-electron chi connectivity index (χ1n) is 4.72. The van der Waals surface area contributed by atoms with Gasteiger partial charge in [0.1, 0.15) is 0 Å². The fourth-order valence-corrected chi connectivity index (χ4v) is 1.80. The van der Waals surface area contributed by atoms with Crippen molar-refractivity contribution in [3.63, 3.8) is 0 Å². The van der Waals surface area contributed by atoms with Crippen molar-refractivity contribution in [1.29, 1.82) is 0 Å². The molecular weight excluding hydrogens is 183 g/mol. The molecule has 3 heteroatoms. The highest BCUT2D eigenvalue weighted by Gasteiger charge is 2.28. The van der Waals surface area contributed by atoms with Gasteiger partial charge in [-0.3, -0.25) is 0 Å². The third-order valence-electron chi connectivity index (χ3n) is 2.76. The summed E-state index contributed by atoms with van der Waals surface area (Å²) in [6, 6.07) is 4.99. The van der Waals surface area contributed by atoms with E-state index in [0.717, 1.165) is 18.4 Å². The van der Waals surface area contributed by atoms with Gasteiger partial charge in [-0.15, -0.1) is 0 Å². The van der Waals surface area contributed by atoms with Crippen LogP contribution in [0.1, 0.15) is 24.3 Å². The number of hydrogen-bond donors (Lipinski definition) is 1. The molecule has 0 bridgehead atoms. The molecule has 1 aromatic rings. The van der Waals surface area contributed by atoms with Crippen molar-refractivity contribution in [1.82, 2.24) is 0 Å². The first kappa shape index (κ1) is 9.46. The Balaban J connectivity index is 2.16. The van der Waals surface area contributed by atoms with Gasteiger partial charge in [0, 0.05) is 0 Å². The van der Waals surface area contributed by atoms with Gasteiger partial charge in [-0.2, -0.15) is 0 Å². The Morgan fingerprint density at radius 2 is 2.14 bits per heavy atom. The molecule has 14 heavy (non-hydrogen) atoms. The van der Waals surface area contributed by atoms with Crippen molar-refractivity contribution in [2.75, 3.05) is 7.11 Å². The fraction of sp³-hybridized carbons (Fsp3) is 0.455. The van der Waals surface area contributed by atoms with Gasteiger partial charge in [0.15, 0.2) is 11.6 Å². The Hall–Kier alpha value is -1.09. The number of aliphatic hydroxyl groups is 1. The molecule has 0 spiro atoms. The lowest BCUT2D eigenvalue weighted by atomic mass is 9.78. The number of rotatable bonds is 2. The lowest BCUT2D eigenvalue weighted by Gasteiger charge is -2.31. The molecule has 1 fully saturated rings. The molecule has 1 N–H and O–H groups in total. The molecular formula is C11H13FO2. The topological polar surface area (TPSA) is 29.5 Å². The summed E-state index contributed by atoms with van der Waals surface area (Å²) < 4.78 is 18.1. The predicted octanol–water partition coefficient (Wildman–Crippen LogP) is 2.07. The average Bonchev–Trinajstić information content (AvgIpc) is 2.13. The Morgan fingerprint density at radius 3 is 2.64 bits per heavy atom. The summed E-state index contributed by atoms with van der Waals surface area (Å²) in [6.07, 6.45) is 1.28. The van der Waals surface area contributed by atoms with E-state index in [2.05, 4.69) is 0 Å². The van der Waals surface area contributed by atoms with E-state index < -0.39 is 0 Å². The number of methoxy groups -OCH3 is 1. The second kappa shape index (κ2) is 3.58. The van der Waals surface area contributed by atoms with Crippen LogP contribution in [0.5, 0.6) is 5.75 Å². The molecule has 0 heterocycles. The molecule has 1 aliphatic carbocycles. The fourth-order valence-electron chi connectivity index (χ4n) is 1.80. The molecule has 0 radical (unpaired) electrons. The zero-order chi connectivity index (χ0) is 10.1. The smallest absolute Gasteiger partial charge is 0.165 e. The first-order chi connectivity index (χ1) is 6.70. The van der Waals surface area contributed by atoms with E-state index in [4.69, 9.17) is 9.84 Å². The summed E-state index contributed by atoms with van der Waals surface area (Å²) in [5.41, 5.74) is 0.952. The third kappa shape index (κ3) is 1.60. The quantitative estimate of drug-likeness (QED) is 0.784. The standard InChI is InChI=1S/C11H13FO2/c1-14-11-3-2-7(6-10(11)12)8-4-9(13)5-8/h2-3,6,8-9,13H,4-5H2,1H3. The van der Waals surface area contributed by atoms with Gasteiger partial charge in [-0.05, 0) is 36.5 Å². The molecule has 0 amide bonds. The number of halogens is 1. The Labute approximate surface area is 82.3 Å². The molecule has 0 saturated heterocycles. The minimum Gasteiger partial charge on any atom is -0.494 e. The summed E-state index contributed by atoms with van der Waals surface area (Å²) in [5, 5.41) is 9.13. The van der Waals surface area contributed by atoms with E-state index in [-0.39, 0.29) is 17.7 Å². The lowest BCUT2D eigenvalue weighted by molar-refractivity contribution is 0.0745. The SMILES string of the molecule is COc1ccc(C2CC(O)C2)cc1F. The van der Waals surface area contributed by atoms with Crippen LogP contribution in [0.4, 0.5) is 4.39 Å². The van der Waals surface area contributed by atoms with Crippen molar-refractivity contribution in [3.8, 4) is 5.75 Å². The van der Waals surface area contributed by atoms with Crippen LogP contribution in [0.3, 0.4) is 0 Å². The Kier molecular flexibility index (Phi) is 2.42. The molecule has 1 aromatic carbocycles. The maximum atomic E-state index is 13.3. The second-order valence-electron chi connectivity index (χ2n) is 3.72. The van der Waals surface area contributed by atoms with Crippen LogP contribution >= 0.6 is 0 Å². The van der Waals surface area contributed by atoms with E-state index in [1.165, 1.54) is 13.2 Å². The van der Waals surface area contributed by atoms with E-state index >= 15 is 0 Å². The summed E-state index contributed by atoms with van der Waals surface area (Å²) in [6.45, 7) is 0. The van der Waals surface area contributed by atoms with Crippen molar-refractivity contribution in [2.45, 2.75) is 24.9 Å². The number of ether oxygens (including phenoxy) is 1. The number of aliphatic hydroxyl groups excluding tert-OH is 1. The van der Waals surface area contributed by atoms with Gasteiger partial charge in [0.2, 0.25) is 0 Å². The normalized spacial score (nSPS) is 25.6. The Bertz CT molecular complexity index is 332. The largest absolute Gasteiger partial charge is 0.494 e. The highest BCUT2D eigenvalue weighted by Crippen LogP contribution is 2.37. The summed E-state index contributed by atoms with van der Waals surface area (Å²) in [4.78, 5) is 0. The molecule has 1 aliphatic rings. The molecule has 0 atom stereocenters. The van der Waals surface area contributed by atoms with Gasteiger partial charge < -0.3 is 9.84 Å². The molecule has 1 saturated carbocycles. The van der Waals surface area contributed by atoms with Crippen LogP contribution in [-0.2, 0) is 0 Å². The zero-order valence-electron chi connectivity index (χ0n) is 8.03. The van der Waals surface area contributed by atoms with Crippen molar-refractivity contribution in [3.05, 3.63) is 29.6 Å². The summed E-state index contributed by atoms with van der Waals surface area (Å²) >= 11 is 0. The van der Waals surface area contributed by atoms with Gasteiger partial charge in [0.05, 0.1) is 13.2 Å². The van der Waals surface area contributed by atoms with Gasteiger partial charge in [0.25, 0.3) is 0 Å². The summed E-state index contributed by atoms with van der Waals surface area (Å²) in [7, 11) is 1.45. The molecule has 2 nitrogen and oxygen atoms in total. The summed E-state index contributed by atoms with van der Waals surface area (Å²) in [5.74, 6) is 0.255. The molecule has 76 valence electrons. The van der Waals surface area contributed by atoms with E-state index in [1.54, 1.807) is 6.07 Å². The van der Waals surface area contributed by atoms with Crippen LogP contribution in [0.2, 0.25) is 0 Å². The van der Waals surface area contributed by atoms with Crippen molar-refractivity contribution < 1.29 is 14.2 Å². The molecule has 0 aliphatic heterocycles. The molecule has 0 aromatic heterocycles. The highest BCUT2D eigenvalue weighted by atomic mass is 19.1. The number of hydrogen-bond acceptors (Lipinski definition) is 2. The van der Waals surface area contributed by atoms with Crippen molar-refractivity contribution in [2.24, 2.45) is 0 Å². The second-order valence-corrected chi connectivity index (χ2v) is 3.72. The number of benzene rings is 1. The Morgan fingerprint density at radius 1 is 1.43 bits per heavy atom. The minimum absolute atomic E-state index is 0.204. The van der Waals surface area contributed by atoms with Crippen molar-refractivity contribution >= 4 is 0 Å². The predicted molar refractivity (Wildman–Crippen MR) is 50.9 cm³/mol. The van der Waals surface area contributed by atoms with E-state index in [9.17, 15) is 4.39 Å². The average molecular weight is 196 g/mol. The highest BCUT2D eigenvalue weighted by molar-refractivity contribution is 5.32. The lowest BCUT2D eigenvalue weighted by Crippen LogP contribution is -2.26. The first-order valence-corrected chi connectivity index (χ1v) is 4.72. The molecule has 2 rings (SSSR count). The maximum absolute atomic E-state index is 13.3. The maximum Gasteiger partial charge on any atom is 0.165 e.